The summed E-state index contributed by atoms with van der Waals surface area (Å²) in [7, 11) is 0. The minimum Gasteiger partial charge on any atom is -0.492 e. The maximum Gasteiger partial charge on any atom is 0.328 e. The summed E-state index contributed by atoms with van der Waals surface area (Å²) < 4.78 is 5.62. The number of nitrogens with one attached hydrogen (secondary N) is 1. The third-order valence-corrected chi connectivity index (χ3v) is 3.40. The van der Waals surface area contributed by atoms with Crippen molar-refractivity contribution in [3.05, 3.63) is 35.9 Å². The van der Waals surface area contributed by atoms with Crippen molar-refractivity contribution in [2.24, 2.45) is 0 Å². The summed E-state index contributed by atoms with van der Waals surface area (Å²) in [5, 5.41) is 12.1. The van der Waals surface area contributed by atoms with Crippen LogP contribution in [0.15, 0.2) is 30.4 Å². The molecular weight excluding hydrogens is 270 g/mol. The number of fused-ring (bicyclic) bond motifs is 1. The van der Waals surface area contributed by atoms with Gasteiger partial charge in [-0.2, -0.15) is 0 Å². The second-order valence-electron chi connectivity index (χ2n) is 5.71. The number of carbonyl (C=O) groups excluding carboxylic acids is 1. The minimum atomic E-state index is -1.10. The van der Waals surface area contributed by atoms with E-state index in [1.54, 1.807) is 32.0 Å². The minimum absolute atomic E-state index is 0.0289. The van der Waals surface area contributed by atoms with Crippen LogP contribution in [0.5, 0.6) is 5.75 Å². The smallest absolute Gasteiger partial charge is 0.328 e. The van der Waals surface area contributed by atoms with E-state index in [1.165, 1.54) is 0 Å². The van der Waals surface area contributed by atoms with Crippen LogP contribution in [0.25, 0.3) is 0 Å². The van der Waals surface area contributed by atoms with Crippen molar-refractivity contribution in [1.29, 1.82) is 0 Å². The number of benzene rings is 1. The van der Waals surface area contributed by atoms with Crippen LogP contribution in [0.2, 0.25) is 0 Å². The zero-order valence-corrected chi connectivity index (χ0v) is 12.2. The molecule has 5 heteroatoms. The molecule has 0 atom stereocenters. The highest BCUT2D eigenvalue weighted by atomic mass is 16.5. The van der Waals surface area contributed by atoms with Gasteiger partial charge in [0.15, 0.2) is 5.78 Å². The molecule has 5 nitrogen and oxygen atoms in total. The van der Waals surface area contributed by atoms with Gasteiger partial charge in [0.25, 0.3) is 0 Å². The molecule has 2 rings (SSSR count). The third kappa shape index (κ3) is 3.42. The van der Waals surface area contributed by atoms with Crippen molar-refractivity contribution < 1.29 is 19.4 Å². The number of carboxylic acids is 1. The Kier molecular flexibility index (Phi) is 4.02. The van der Waals surface area contributed by atoms with Crippen molar-refractivity contribution in [2.75, 3.05) is 11.9 Å². The number of aliphatic carboxylic acids is 1. The van der Waals surface area contributed by atoms with E-state index in [-0.39, 0.29) is 5.78 Å². The number of hydrogen-bond donors (Lipinski definition) is 2. The van der Waals surface area contributed by atoms with Crippen molar-refractivity contribution in [3.63, 3.8) is 0 Å². The molecule has 1 aromatic rings. The summed E-state index contributed by atoms with van der Waals surface area (Å²) in [5.41, 5.74) is 0.872. The number of carbonyl (C=O) groups is 2. The molecule has 0 aliphatic carbocycles. The van der Waals surface area contributed by atoms with E-state index in [0.717, 1.165) is 5.57 Å². The lowest BCUT2D eigenvalue weighted by atomic mass is 9.99. The van der Waals surface area contributed by atoms with Crippen LogP contribution >= 0.6 is 0 Å². The molecule has 0 amide bonds. The molecule has 1 aliphatic rings. The second kappa shape index (κ2) is 5.60. The molecule has 0 bridgehead atoms. The van der Waals surface area contributed by atoms with Crippen molar-refractivity contribution in [3.8, 4) is 5.75 Å². The molecule has 1 heterocycles. The third-order valence-electron chi connectivity index (χ3n) is 3.40. The van der Waals surface area contributed by atoms with Crippen LogP contribution < -0.4 is 10.1 Å². The molecule has 0 saturated heterocycles. The molecule has 1 aliphatic heterocycles. The predicted octanol–water partition coefficient (Wildman–Crippen LogP) is 2.87. The Labute approximate surface area is 123 Å². The Bertz CT molecular complexity index is 604. The molecular formula is C16H19NO4. The first kappa shape index (κ1) is 15.1. The maximum absolute atomic E-state index is 12.1. The fourth-order valence-corrected chi connectivity index (χ4v) is 2.08. The van der Waals surface area contributed by atoms with Crippen LogP contribution in [-0.4, -0.2) is 29.0 Å². The number of ketones is 1. The van der Waals surface area contributed by atoms with Crippen molar-refractivity contribution >= 4 is 17.4 Å². The Morgan fingerprint density at radius 1 is 1.43 bits per heavy atom. The van der Waals surface area contributed by atoms with Crippen molar-refractivity contribution in [1.82, 2.24) is 0 Å². The largest absolute Gasteiger partial charge is 0.492 e. The topological polar surface area (TPSA) is 75.6 Å². The normalized spacial score (nSPS) is 15.5. The van der Waals surface area contributed by atoms with Gasteiger partial charge >= 0.3 is 5.97 Å². The van der Waals surface area contributed by atoms with Gasteiger partial charge in [0.05, 0.1) is 12.2 Å². The molecule has 21 heavy (non-hydrogen) atoms. The first-order chi connectivity index (χ1) is 9.79. The summed E-state index contributed by atoms with van der Waals surface area (Å²) in [6.07, 6.45) is 0.965. The average molecular weight is 289 g/mol. The molecule has 0 fully saturated rings. The number of carboxylic acid groups (broad SMARTS) is 1. The fraction of sp³-hybridized carbons (Fsp3) is 0.375. The van der Waals surface area contributed by atoms with E-state index < -0.39 is 11.5 Å². The molecule has 0 aromatic heterocycles. The summed E-state index contributed by atoms with van der Waals surface area (Å²) in [4.78, 5) is 23.3. The van der Waals surface area contributed by atoms with E-state index in [4.69, 9.17) is 9.84 Å². The predicted molar refractivity (Wildman–Crippen MR) is 80.0 cm³/mol. The maximum atomic E-state index is 12.1. The number of anilines is 1. The highest BCUT2D eigenvalue weighted by Gasteiger charge is 2.27. The summed E-state index contributed by atoms with van der Waals surface area (Å²) in [6, 6.07) is 5.03. The molecule has 1 aromatic carbocycles. The van der Waals surface area contributed by atoms with Crippen molar-refractivity contribution in [2.45, 2.75) is 32.2 Å². The van der Waals surface area contributed by atoms with E-state index in [2.05, 4.69) is 11.9 Å². The highest BCUT2D eigenvalue weighted by Crippen LogP contribution is 2.29. The highest BCUT2D eigenvalue weighted by molar-refractivity contribution is 6.00. The van der Waals surface area contributed by atoms with Gasteiger partial charge in [-0.05, 0) is 26.0 Å². The molecule has 0 radical (unpaired) electrons. The Balaban J connectivity index is 2.30. The van der Waals surface area contributed by atoms with Gasteiger partial charge in [-0.3, -0.25) is 4.79 Å². The van der Waals surface area contributed by atoms with Gasteiger partial charge in [-0.1, -0.05) is 12.2 Å². The molecule has 2 N–H and O–H groups in total. The lowest BCUT2D eigenvalue weighted by Gasteiger charge is -2.24. The SMILES string of the molecule is C=C1CCOc2cc(NC(C)(C)C(=O)O)ccc2C(=O)C1. The van der Waals surface area contributed by atoms with Gasteiger partial charge in [0.2, 0.25) is 0 Å². The van der Waals surface area contributed by atoms with E-state index in [1.807, 2.05) is 0 Å². The van der Waals surface area contributed by atoms with E-state index in [9.17, 15) is 9.59 Å². The molecule has 0 spiro atoms. The van der Waals surface area contributed by atoms with Crippen LogP contribution in [0.4, 0.5) is 5.69 Å². The average Bonchev–Trinajstić information content (AvgIpc) is 2.36. The van der Waals surface area contributed by atoms with Gasteiger partial charge in [-0.25, -0.2) is 4.79 Å². The zero-order chi connectivity index (χ0) is 15.6. The van der Waals surface area contributed by atoms with Gasteiger partial charge in [0.1, 0.15) is 11.3 Å². The lowest BCUT2D eigenvalue weighted by molar-refractivity contribution is -0.141. The molecule has 0 unspecified atom stereocenters. The van der Waals surface area contributed by atoms with Crippen LogP contribution in [-0.2, 0) is 4.79 Å². The van der Waals surface area contributed by atoms with E-state index in [0.29, 0.717) is 36.4 Å². The zero-order valence-electron chi connectivity index (χ0n) is 12.2. The van der Waals surface area contributed by atoms with Gasteiger partial charge < -0.3 is 15.2 Å². The summed E-state index contributed by atoms with van der Waals surface area (Å²) >= 11 is 0. The van der Waals surface area contributed by atoms with Crippen LogP contribution in [0.1, 0.15) is 37.0 Å². The first-order valence-electron chi connectivity index (χ1n) is 6.78. The molecule has 0 saturated carbocycles. The fourth-order valence-electron chi connectivity index (χ4n) is 2.08. The summed E-state index contributed by atoms with van der Waals surface area (Å²) in [6.45, 7) is 7.45. The van der Waals surface area contributed by atoms with Gasteiger partial charge in [-0.15, -0.1) is 0 Å². The number of rotatable bonds is 3. The standard InChI is InChI=1S/C16H19NO4/c1-10-6-7-21-14-9-11(17-16(2,3)15(19)20)4-5-12(14)13(18)8-10/h4-5,9,17H,1,6-8H2,2-3H3,(H,19,20). The van der Waals surface area contributed by atoms with Crippen LogP contribution in [0, 0.1) is 0 Å². The Hall–Kier alpha value is -2.30. The second-order valence-corrected chi connectivity index (χ2v) is 5.71. The number of ether oxygens (including phenoxy) is 1. The van der Waals surface area contributed by atoms with Gasteiger partial charge in [0, 0.05) is 24.6 Å². The quantitative estimate of drug-likeness (QED) is 0.837. The summed E-state index contributed by atoms with van der Waals surface area (Å²) in [5.74, 6) is -0.500. The Morgan fingerprint density at radius 2 is 2.14 bits per heavy atom. The number of Topliss-reactive ketones (excluding diaryl/α,β-unsaturated/α-hetero) is 1. The van der Waals surface area contributed by atoms with E-state index >= 15 is 0 Å². The van der Waals surface area contributed by atoms with Crippen LogP contribution in [0.3, 0.4) is 0 Å². The first-order valence-corrected chi connectivity index (χ1v) is 6.78. The number of hydrogen-bond acceptors (Lipinski definition) is 4. The lowest BCUT2D eigenvalue weighted by Crippen LogP contribution is -2.39. The Morgan fingerprint density at radius 3 is 2.81 bits per heavy atom. The molecule has 112 valence electrons. The monoisotopic (exact) mass is 289 g/mol.